The highest BCUT2D eigenvalue weighted by molar-refractivity contribution is 7.71. The minimum absolute atomic E-state index is 0.497. The molecule has 6 heteroatoms. The van der Waals surface area contributed by atoms with Crippen molar-refractivity contribution < 1.29 is 4.74 Å². The summed E-state index contributed by atoms with van der Waals surface area (Å²) >= 11 is 5.30. The maximum atomic E-state index is 5.50. The summed E-state index contributed by atoms with van der Waals surface area (Å²) in [6.45, 7) is 2.15. The van der Waals surface area contributed by atoms with Crippen LogP contribution >= 0.6 is 12.2 Å². The third-order valence-electron chi connectivity index (χ3n) is 3.92. The molecule has 0 saturated carbocycles. The van der Waals surface area contributed by atoms with E-state index in [-0.39, 0.29) is 0 Å². The number of nitrogens with zero attached hydrogens (tertiary/aromatic N) is 3. The Kier molecular flexibility index (Phi) is 5.05. The molecule has 24 heavy (non-hydrogen) atoms. The number of rotatable bonds is 6. The standard InChI is InChI=1S/C18H20N4OS/c1-3-4-9-17-20-21-18(24)22(17)19-12-15-14-8-6-5-7-13(14)10-11-16(15)23-2/h5-8,10-12H,3-4,9H2,1-2H3,(H,21,24). The second-order valence-corrected chi connectivity index (χ2v) is 5.89. The topological polar surface area (TPSA) is 55.2 Å². The van der Waals surface area contributed by atoms with Crippen LogP contribution in [0, 0.1) is 4.77 Å². The molecule has 0 aliphatic heterocycles. The van der Waals surface area contributed by atoms with Gasteiger partial charge in [-0.05, 0) is 35.5 Å². The van der Waals surface area contributed by atoms with E-state index in [2.05, 4.69) is 34.4 Å². The van der Waals surface area contributed by atoms with E-state index in [1.807, 2.05) is 24.3 Å². The van der Waals surface area contributed by atoms with E-state index >= 15 is 0 Å². The summed E-state index contributed by atoms with van der Waals surface area (Å²) in [6, 6.07) is 12.2. The first kappa shape index (κ1) is 16.4. The monoisotopic (exact) mass is 340 g/mol. The van der Waals surface area contributed by atoms with E-state index in [0.29, 0.717) is 4.77 Å². The second-order valence-electron chi connectivity index (χ2n) is 5.51. The van der Waals surface area contributed by atoms with E-state index in [4.69, 9.17) is 17.0 Å². The third-order valence-corrected chi connectivity index (χ3v) is 4.19. The molecule has 1 heterocycles. The summed E-state index contributed by atoms with van der Waals surface area (Å²) < 4.78 is 7.68. The fourth-order valence-corrected chi connectivity index (χ4v) is 2.84. The molecule has 0 radical (unpaired) electrons. The number of nitrogens with one attached hydrogen (secondary N) is 1. The highest BCUT2D eigenvalue weighted by atomic mass is 32.1. The van der Waals surface area contributed by atoms with Gasteiger partial charge in [-0.3, -0.25) is 5.10 Å². The average Bonchev–Trinajstić information content (AvgIpc) is 2.97. The number of aromatic amines is 1. The average molecular weight is 340 g/mol. The minimum Gasteiger partial charge on any atom is -0.496 e. The highest BCUT2D eigenvalue weighted by Gasteiger charge is 2.08. The first-order valence-electron chi connectivity index (χ1n) is 8.01. The number of aryl methyl sites for hydroxylation is 1. The Bertz CT molecular complexity index is 926. The zero-order chi connectivity index (χ0) is 16.9. The SMILES string of the molecule is CCCCc1n[nH]c(=S)n1N=Cc1c(OC)ccc2ccccc12. The van der Waals surface area contributed by atoms with Crippen molar-refractivity contribution in [1.29, 1.82) is 0 Å². The number of unbranched alkanes of at least 4 members (excludes halogenated alkanes) is 1. The van der Waals surface area contributed by atoms with Gasteiger partial charge in [0.1, 0.15) is 5.75 Å². The van der Waals surface area contributed by atoms with Crippen LogP contribution in [0.1, 0.15) is 31.2 Å². The van der Waals surface area contributed by atoms with E-state index in [0.717, 1.165) is 47.2 Å². The molecule has 0 unspecified atom stereocenters. The molecule has 0 bridgehead atoms. The first-order chi connectivity index (χ1) is 11.7. The van der Waals surface area contributed by atoms with E-state index < -0.39 is 0 Å². The molecule has 2 aromatic carbocycles. The van der Waals surface area contributed by atoms with Gasteiger partial charge < -0.3 is 4.74 Å². The highest BCUT2D eigenvalue weighted by Crippen LogP contribution is 2.26. The van der Waals surface area contributed by atoms with Gasteiger partial charge in [0.25, 0.3) is 0 Å². The van der Waals surface area contributed by atoms with Crippen LogP contribution in [0.2, 0.25) is 0 Å². The van der Waals surface area contributed by atoms with Crippen molar-refractivity contribution in [1.82, 2.24) is 14.9 Å². The molecular weight excluding hydrogens is 320 g/mol. The van der Waals surface area contributed by atoms with Crippen LogP contribution in [0.25, 0.3) is 10.8 Å². The van der Waals surface area contributed by atoms with Gasteiger partial charge in [0.05, 0.1) is 13.3 Å². The smallest absolute Gasteiger partial charge is 0.216 e. The predicted molar refractivity (Wildman–Crippen MR) is 99.5 cm³/mol. The number of ether oxygens (including phenoxy) is 1. The molecule has 1 N–H and O–H groups in total. The quantitative estimate of drug-likeness (QED) is 0.537. The van der Waals surface area contributed by atoms with Crippen molar-refractivity contribution >= 4 is 29.2 Å². The van der Waals surface area contributed by atoms with Gasteiger partial charge in [-0.15, -0.1) is 0 Å². The summed E-state index contributed by atoms with van der Waals surface area (Å²) in [7, 11) is 1.66. The maximum Gasteiger partial charge on any atom is 0.216 e. The molecule has 5 nitrogen and oxygen atoms in total. The zero-order valence-electron chi connectivity index (χ0n) is 13.8. The van der Waals surface area contributed by atoms with Crippen molar-refractivity contribution in [3.05, 3.63) is 52.6 Å². The Morgan fingerprint density at radius 3 is 2.92 bits per heavy atom. The van der Waals surface area contributed by atoms with E-state index in [9.17, 15) is 0 Å². The summed E-state index contributed by atoms with van der Waals surface area (Å²) in [5.41, 5.74) is 0.931. The largest absolute Gasteiger partial charge is 0.496 e. The van der Waals surface area contributed by atoms with Crippen LogP contribution in [0.15, 0.2) is 41.5 Å². The summed E-state index contributed by atoms with van der Waals surface area (Å²) in [5.74, 6) is 1.62. The maximum absolute atomic E-state index is 5.50. The molecule has 124 valence electrons. The zero-order valence-corrected chi connectivity index (χ0v) is 14.6. The Morgan fingerprint density at radius 1 is 1.29 bits per heavy atom. The van der Waals surface area contributed by atoms with Gasteiger partial charge in [0.2, 0.25) is 4.77 Å². The third kappa shape index (κ3) is 3.23. The lowest BCUT2D eigenvalue weighted by atomic mass is 10.0. The number of benzene rings is 2. The van der Waals surface area contributed by atoms with Gasteiger partial charge in [0, 0.05) is 12.0 Å². The lowest BCUT2D eigenvalue weighted by Crippen LogP contribution is -2.00. The molecule has 0 saturated heterocycles. The van der Waals surface area contributed by atoms with Crippen LogP contribution in [0.4, 0.5) is 0 Å². The van der Waals surface area contributed by atoms with Crippen LogP contribution in [-0.4, -0.2) is 28.2 Å². The second kappa shape index (κ2) is 7.40. The Morgan fingerprint density at radius 2 is 2.12 bits per heavy atom. The molecule has 3 aromatic rings. The lowest BCUT2D eigenvalue weighted by Gasteiger charge is -2.08. The van der Waals surface area contributed by atoms with Gasteiger partial charge in [-0.2, -0.15) is 14.9 Å². The molecule has 0 aliphatic rings. The fourth-order valence-electron chi connectivity index (χ4n) is 2.64. The predicted octanol–water partition coefficient (Wildman–Crippen LogP) is 4.33. The van der Waals surface area contributed by atoms with Crippen molar-refractivity contribution in [2.24, 2.45) is 5.10 Å². The summed E-state index contributed by atoms with van der Waals surface area (Å²) in [4.78, 5) is 0. The lowest BCUT2D eigenvalue weighted by molar-refractivity contribution is 0.415. The molecular formula is C18H20N4OS. The molecule has 0 spiro atoms. The Labute approximate surface area is 146 Å². The number of hydrogen-bond donors (Lipinski definition) is 1. The van der Waals surface area contributed by atoms with E-state index in [1.54, 1.807) is 18.0 Å². The van der Waals surface area contributed by atoms with Gasteiger partial charge >= 0.3 is 0 Å². The summed E-state index contributed by atoms with van der Waals surface area (Å²) in [5, 5.41) is 13.9. The molecule has 0 aliphatic carbocycles. The first-order valence-corrected chi connectivity index (χ1v) is 8.41. The van der Waals surface area contributed by atoms with Crippen LogP contribution in [0.5, 0.6) is 5.75 Å². The Hall–Kier alpha value is -2.47. The number of H-pyrrole nitrogens is 1. The molecule has 0 amide bonds. The normalized spacial score (nSPS) is 11.4. The van der Waals surface area contributed by atoms with E-state index in [1.165, 1.54) is 0 Å². The minimum atomic E-state index is 0.497. The summed E-state index contributed by atoms with van der Waals surface area (Å²) in [6.07, 6.45) is 4.78. The number of aromatic nitrogens is 3. The fraction of sp³-hybridized carbons (Fsp3) is 0.278. The molecule has 3 rings (SSSR count). The van der Waals surface area contributed by atoms with Crippen LogP contribution in [-0.2, 0) is 6.42 Å². The number of hydrogen-bond acceptors (Lipinski definition) is 4. The van der Waals surface area contributed by atoms with Crippen LogP contribution in [0.3, 0.4) is 0 Å². The van der Waals surface area contributed by atoms with Gasteiger partial charge in [-0.25, -0.2) is 0 Å². The molecule has 0 fully saturated rings. The van der Waals surface area contributed by atoms with Crippen molar-refractivity contribution in [3.8, 4) is 5.75 Å². The van der Waals surface area contributed by atoms with Crippen molar-refractivity contribution in [3.63, 3.8) is 0 Å². The van der Waals surface area contributed by atoms with Gasteiger partial charge in [0.15, 0.2) is 5.82 Å². The Balaban J connectivity index is 2.05. The molecule has 1 aromatic heterocycles. The van der Waals surface area contributed by atoms with Crippen LogP contribution < -0.4 is 4.74 Å². The van der Waals surface area contributed by atoms with Crippen molar-refractivity contribution in [2.75, 3.05) is 7.11 Å². The van der Waals surface area contributed by atoms with Gasteiger partial charge in [-0.1, -0.05) is 43.7 Å². The molecule has 0 atom stereocenters. The number of fused-ring (bicyclic) bond motifs is 1. The van der Waals surface area contributed by atoms with Crippen molar-refractivity contribution in [2.45, 2.75) is 26.2 Å². The number of methoxy groups -OCH3 is 1.